The number of esters is 1. The zero-order valence-corrected chi connectivity index (χ0v) is 15.9. The number of benzene rings is 2. The first-order chi connectivity index (χ1) is 13.2. The third kappa shape index (κ3) is 5.37. The number of ketones is 1. The number of nitrogens with one attached hydrogen (secondary N) is 1. The highest BCUT2D eigenvalue weighted by Crippen LogP contribution is 2.24. The second-order valence-electron chi connectivity index (χ2n) is 6.14. The van der Waals surface area contributed by atoms with Crippen molar-refractivity contribution in [3.8, 4) is 0 Å². The molecule has 0 aliphatic rings. The number of carbonyl (C=O) groups is 3. The van der Waals surface area contributed by atoms with Gasteiger partial charge in [0.25, 0.3) is 5.69 Å². The number of nitro groups is 1. The van der Waals surface area contributed by atoms with Crippen molar-refractivity contribution < 1.29 is 24.0 Å². The molecule has 0 fully saturated rings. The van der Waals surface area contributed by atoms with Crippen molar-refractivity contribution in [2.45, 2.75) is 13.8 Å². The van der Waals surface area contributed by atoms with Crippen LogP contribution in [0.5, 0.6) is 0 Å². The van der Waals surface area contributed by atoms with E-state index in [1.165, 1.54) is 24.3 Å². The van der Waals surface area contributed by atoms with Gasteiger partial charge in [0.1, 0.15) is 5.56 Å². The number of hydrogen-bond donors (Lipinski definition) is 1. The van der Waals surface area contributed by atoms with Gasteiger partial charge in [-0.05, 0) is 36.4 Å². The van der Waals surface area contributed by atoms with Crippen LogP contribution in [0.15, 0.2) is 42.5 Å². The first-order valence-corrected chi connectivity index (χ1v) is 8.62. The van der Waals surface area contributed by atoms with Gasteiger partial charge in [0, 0.05) is 28.3 Å². The summed E-state index contributed by atoms with van der Waals surface area (Å²) in [5, 5.41) is 13.8. The van der Waals surface area contributed by atoms with Crippen LogP contribution in [0.4, 0.5) is 11.4 Å². The molecule has 0 bridgehead atoms. The lowest BCUT2D eigenvalue weighted by atomic mass is 10.1. The topological polar surface area (TPSA) is 116 Å². The molecule has 0 atom stereocenters. The molecule has 0 saturated carbocycles. The maximum Gasteiger partial charge on any atom is 0.345 e. The van der Waals surface area contributed by atoms with Gasteiger partial charge in [0.2, 0.25) is 5.91 Å². The van der Waals surface area contributed by atoms with E-state index in [1.54, 1.807) is 26.0 Å². The number of hydrogen-bond acceptors (Lipinski definition) is 6. The normalized spacial score (nSPS) is 10.4. The number of nitro benzene ring substituents is 1. The van der Waals surface area contributed by atoms with Gasteiger partial charge in [-0.15, -0.1) is 0 Å². The van der Waals surface area contributed by atoms with Crippen molar-refractivity contribution in [3.05, 3.63) is 68.7 Å². The smallest absolute Gasteiger partial charge is 0.345 e. The molecule has 9 heteroatoms. The maximum atomic E-state index is 12.2. The molecule has 2 aromatic rings. The summed E-state index contributed by atoms with van der Waals surface area (Å²) < 4.78 is 4.90. The lowest BCUT2D eigenvalue weighted by Crippen LogP contribution is -2.18. The second-order valence-corrected chi connectivity index (χ2v) is 6.58. The second kappa shape index (κ2) is 9.09. The first-order valence-electron chi connectivity index (χ1n) is 8.24. The number of ether oxygens (including phenoxy) is 1. The molecule has 2 rings (SSSR count). The van der Waals surface area contributed by atoms with Crippen LogP contribution in [0.25, 0.3) is 0 Å². The Morgan fingerprint density at radius 3 is 2.36 bits per heavy atom. The van der Waals surface area contributed by atoms with Crippen LogP contribution < -0.4 is 5.32 Å². The molecule has 2 aromatic carbocycles. The van der Waals surface area contributed by atoms with Crippen molar-refractivity contribution >= 4 is 40.6 Å². The van der Waals surface area contributed by atoms with Crippen LogP contribution in [-0.2, 0) is 9.53 Å². The van der Waals surface area contributed by atoms with Crippen molar-refractivity contribution in [1.29, 1.82) is 0 Å². The Balaban J connectivity index is 2.01. The van der Waals surface area contributed by atoms with E-state index in [1.807, 2.05) is 0 Å². The largest absolute Gasteiger partial charge is 0.454 e. The number of Topliss-reactive ketones (excluding diaryl/α,β-unsaturated/α-hetero) is 1. The van der Waals surface area contributed by atoms with Crippen molar-refractivity contribution in [3.63, 3.8) is 0 Å². The van der Waals surface area contributed by atoms with Crippen LogP contribution in [0.1, 0.15) is 34.6 Å². The molecule has 1 amide bonds. The Hall–Kier alpha value is -3.26. The molecular weight excluding hydrogens is 388 g/mol. The molecule has 0 aromatic heterocycles. The summed E-state index contributed by atoms with van der Waals surface area (Å²) in [7, 11) is 0. The van der Waals surface area contributed by atoms with Gasteiger partial charge in [0.15, 0.2) is 12.4 Å². The first kappa shape index (κ1) is 21.0. The van der Waals surface area contributed by atoms with E-state index in [-0.39, 0.29) is 28.0 Å². The van der Waals surface area contributed by atoms with Gasteiger partial charge in [-0.3, -0.25) is 19.7 Å². The fraction of sp³-hybridized carbons (Fsp3) is 0.211. The minimum atomic E-state index is -1.00. The lowest BCUT2D eigenvalue weighted by molar-refractivity contribution is -0.385. The molecule has 0 heterocycles. The number of halogens is 1. The number of rotatable bonds is 7. The van der Waals surface area contributed by atoms with E-state index >= 15 is 0 Å². The minimum absolute atomic E-state index is 0.101. The molecule has 0 aliphatic carbocycles. The van der Waals surface area contributed by atoms with Crippen molar-refractivity contribution in [1.82, 2.24) is 0 Å². The van der Waals surface area contributed by atoms with Gasteiger partial charge < -0.3 is 10.1 Å². The molecule has 146 valence electrons. The van der Waals surface area contributed by atoms with E-state index in [4.69, 9.17) is 16.3 Å². The average molecular weight is 405 g/mol. The number of amides is 1. The highest BCUT2D eigenvalue weighted by Gasteiger charge is 2.22. The van der Waals surface area contributed by atoms with Crippen LogP contribution in [0.2, 0.25) is 5.02 Å². The molecular formula is C19H17ClN2O6. The summed E-state index contributed by atoms with van der Waals surface area (Å²) in [5.41, 5.74) is -0.00544. The number of nitrogens with zero attached hydrogens (tertiary/aromatic N) is 1. The van der Waals surface area contributed by atoms with E-state index in [2.05, 4.69) is 5.32 Å². The van der Waals surface area contributed by atoms with Crippen molar-refractivity contribution in [2.24, 2.45) is 5.92 Å². The Morgan fingerprint density at radius 2 is 1.79 bits per heavy atom. The Morgan fingerprint density at radius 1 is 1.14 bits per heavy atom. The molecule has 1 N–H and O–H groups in total. The molecule has 0 aliphatic heterocycles. The number of anilines is 1. The molecule has 28 heavy (non-hydrogen) atoms. The van der Waals surface area contributed by atoms with Crippen LogP contribution >= 0.6 is 11.6 Å². The zero-order valence-electron chi connectivity index (χ0n) is 15.1. The molecule has 0 radical (unpaired) electrons. The lowest BCUT2D eigenvalue weighted by Gasteiger charge is -2.08. The van der Waals surface area contributed by atoms with Gasteiger partial charge in [-0.2, -0.15) is 0 Å². The Kier molecular flexibility index (Phi) is 6.84. The van der Waals surface area contributed by atoms with Gasteiger partial charge >= 0.3 is 5.97 Å². The predicted octanol–water partition coefficient (Wildman–Crippen LogP) is 3.88. The molecule has 0 spiro atoms. The highest BCUT2D eigenvalue weighted by atomic mass is 35.5. The summed E-state index contributed by atoms with van der Waals surface area (Å²) in [6, 6.07) is 9.59. The fourth-order valence-electron chi connectivity index (χ4n) is 2.15. The van der Waals surface area contributed by atoms with Crippen LogP contribution in [0, 0.1) is 16.0 Å². The van der Waals surface area contributed by atoms with E-state index in [9.17, 15) is 24.5 Å². The molecule has 0 unspecified atom stereocenters. The minimum Gasteiger partial charge on any atom is -0.454 e. The summed E-state index contributed by atoms with van der Waals surface area (Å²) in [4.78, 5) is 46.2. The average Bonchev–Trinajstić information content (AvgIpc) is 2.66. The third-order valence-electron chi connectivity index (χ3n) is 3.71. The summed E-state index contributed by atoms with van der Waals surface area (Å²) in [6.07, 6.45) is 0. The zero-order chi connectivity index (χ0) is 20.8. The van der Waals surface area contributed by atoms with Crippen LogP contribution in [-0.4, -0.2) is 29.2 Å². The summed E-state index contributed by atoms with van der Waals surface area (Å²) in [6.45, 7) is 2.93. The van der Waals surface area contributed by atoms with Gasteiger partial charge in [0.05, 0.1) is 4.92 Å². The maximum absolute atomic E-state index is 12.2. The van der Waals surface area contributed by atoms with E-state index < -0.39 is 29.0 Å². The fourth-order valence-corrected chi connectivity index (χ4v) is 2.31. The van der Waals surface area contributed by atoms with Crippen molar-refractivity contribution in [2.75, 3.05) is 11.9 Å². The highest BCUT2D eigenvalue weighted by molar-refractivity contribution is 6.31. The van der Waals surface area contributed by atoms with E-state index in [0.717, 1.165) is 6.07 Å². The Labute approximate surface area is 165 Å². The predicted molar refractivity (Wildman–Crippen MR) is 103 cm³/mol. The molecule has 0 saturated heterocycles. The van der Waals surface area contributed by atoms with Crippen LogP contribution in [0.3, 0.4) is 0 Å². The van der Waals surface area contributed by atoms with Gasteiger partial charge in [-0.25, -0.2) is 4.79 Å². The SMILES string of the molecule is CC(C)C(=O)Nc1ccc(C(=O)COC(=O)c2ccc(Cl)cc2[N+](=O)[O-])cc1. The standard InChI is InChI=1S/C19H17ClN2O6/c1-11(2)18(24)21-14-6-3-12(4-7-14)17(23)10-28-19(25)15-8-5-13(20)9-16(15)22(26)27/h3-9,11H,10H2,1-2H3,(H,21,24). The van der Waals surface area contributed by atoms with Gasteiger partial charge in [-0.1, -0.05) is 25.4 Å². The summed E-state index contributed by atoms with van der Waals surface area (Å²) in [5.74, 6) is -1.83. The third-order valence-corrected chi connectivity index (χ3v) is 3.94. The molecule has 8 nitrogen and oxygen atoms in total. The Bertz CT molecular complexity index is 925. The monoisotopic (exact) mass is 404 g/mol. The number of carbonyl (C=O) groups excluding carboxylic acids is 3. The quantitative estimate of drug-likeness (QED) is 0.324. The summed E-state index contributed by atoms with van der Waals surface area (Å²) >= 11 is 5.70. The van der Waals surface area contributed by atoms with E-state index in [0.29, 0.717) is 5.69 Å².